The third kappa shape index (κ3) is 5.43. The minimum absolute atomic E-state index is 0. The summed E-state index contributed by atoms with van der Waals surface area (Å²) in [6.07, 6.45) is 4.15. The van der Waals surface area contributed by atoms with Gasteiger partial charge in [-0.05, 0) is 30.3 Å². The Morgan fingerprint density at radius 2 is 1.51 bits per heavy atom. The summed E-state index contributed by atoms with van der Waals surface area (Å²) in [6, 6.07) is 7.79. The van der Waals surface area contributed by atoms with E-state index in [0.717, 1.165) is 24.7 Å². The smallest absolute Gasteiger partial charge is 0.545 e. The molecule has 2 aromatic carbocycles. The van der Waals surface area contributed by atoms with Crippen molar-refractivity contribution in [2.75, 3.05) is 7.11 Å². The van der Waals surface area contributed by atoms with E-state index < -0.39 is 40.7 Å². The molecule has 3 heterocycles. The topological polar surface area (TPSA) is 126 Å². The minimum atomic E-state index is -1.30. The van der Waals surface area contributed by atoms with Crippen molar-refractivity contribution in [3.63, 3.8) is 0 Å². The number of nitrogens with zero attached hydrogens (tertiary/aromatic N) is 2. The van der Waals surface area contributed by atoms with Crippen molar-refractivity contribution in [1.29, 1.82) is 0 Å². The monoisotopic (exact) mass is 502 g/mol. The Morgan fingerprint density at radius 1 is 0.892 bits per heavy atom. The van der Waals surface area contributed by atoms with E-state index in [0.29, 0.717) is 16.4 Å². The second kappa shape index (κ2) is 11.2. The number of rotatable bonds is 3. The molecule has 0 unspecified atom stereocenters. The van der Waals surface area contributed by atoms with Gasteiger partial charge in [-0.25, -0.2) is 18.0 Å². The van der Waals surface area contributed by atoms with Crippen LogP contribution in [0.5, 0.6) is 5.75 Å². The van der Waals surface area contributed by atoms with E-state index in [1.807, 2.05) is 0 Å². The molecule has 5 aromatic rings. The van der Waals surface area contributed by atoms with Gasteiger partial charge in [-0.2, -0.15) is 0 Å². The molecule has 12 heteroatoms. The molecule has 0 saturated heterocycles. The van der Waals surface area contributed by atoms with Gasteiger partial charge in [-0.3, -0.25) is 9.97 Å². The number of aromatic nitrogens is 2. The molecule has 5 rings (SSSR count). The van der Waals surface area contributed by atoms with Crippen LogP contribution in [0.2, 0.25) is 0 Å². The molecule has 3 aromatic heterocycles. The van der Waals surface area contributed by atoms with E-state index in [4.69, 9.17) is 4.42 Å². The number of furan rings is 1. The summed E-state index contributed by atoms with van der Waals surface area (Å²) in [6.45, 7) is 0. The molecular weight excluding hydrogens is 488 g/mol. The number of esters is 1. The van der Waals surface area contributed by atoms with Crippen LogP contribution in [0.4, 0.5) is 13.2 Å². The molecule has 0 amide bonds. The van der Waals surface area contributed by atoms with Crippen molar-refractivity contribution in [2.45, 2.75) is 0 Å². The normalized spacial score (nSPS) is 10.4. The molecule has 8 nitrogen and oxygen atoms in total. The van der Waals surface area contributed by atoms with Crippen LogP contribution in [0.25, 0.3) is 33.1 Å². The first-order valence-corrected chi connectivity index (χ1v) is 10.1. The average molecular weight is 502 g/mol. The maximum atomic E-state index is 13.6. The summed E-state index contributed by atoms with van der Waals surface area (Å²) in [4.78, 5) is 29.0. The Labute approximate surface area is 218 Å². The van der Waals surface area contributed by atoms with Gasteiger partial charge in [0.25, 0.3) is 0 Å². The van der Waals surface area contributed by atoms with E-state index in [1.54, 1.807) is 0 Å². The second-order valence-electron chi connectivity index (χ2n) is 7.30. The molecule has 182 valence electrons. The first-order chi connectivity index (χ1) is 17.2. The quantitative estimate of drug-likeness (QED) is 0.286. The molecule has 0 aliphatic rings. The molecule has 0 aliphatic carbocycles. The molecule has 0 aliphatic heterocycles. The van der Waals surface area contributed by atoms with Crippen molar-refractivity contribution >= 4 is 33.9 Å². The Hall–Kier alpha value is -4.33. The summed E-state index contributed by atoms with van der Waals surface area (Å²) in [5, 5.41) is 21.3. The molecule has 0 saturated carbocycles. The van der Waals surface area contributed by atoms with Crippen molar-refractivity contribution in [1.82, 2.24) is 9.97 Å². The number of pyridine rings is 2. The summed E-state index contributed by atoms with van der Waals surface area (Å²) >= 11 is 0. The van der Waals surface area contributed by atoms with Crippen LogP contribution in [-0.2, 0) is 4.74 Å². The third-order valence-electron chi connectivity index (χ3n) is 5.11. The van der Waals surface area contributed by atoms with E-state index >= 15 is 0 Å². The maximum Gasteiger partial charge on any atom is 1.00 e. The Kier molecular flexibility index (Phi) is 8.22. The SMILES string of the molecule is COC(=O)c1ccc(-c2c(F)cncc2F)c(O)c1.O=C([O-])c1ccc2c(c1)oc1cncc(F)c12.[Li+]. The standard InChI is InChI=1S/C13H9F2NO3.C12H6FNO3.Li/c1-19-13(18)7-2-3-8(11(17)4-7)12-9(14)5-16-6-10(12)15;13-8-4-14-5-10-11(8)7-2-1-6(12(15)16)3-9(7)17-10;/h2-6,17H,1H3;1-5H,(H,15,16);/q;;+1/p-1. The van der Waals surface area contributed by atoms with Gasteiger partial charge in [-0.15, -0.1) is 0 Å². The summed E-state index contributed by atoms with van der Waals surface area (Å²) in [5.74, 6) is -4.68. The van der Waals surface area contributed by atoms with Crippen LogP contribution in [0.15, 0.2) is 65.6 Å². The number of aromatic hydroxyl groups is 1. The molecule has 0 fully saturated rings. The zero-order valence-corrected chi connectivity index (χ0v) is 19.3. The molecule has 0 bridgehead atoms. The molecule has 0 spiro atoms. The number of carbonyl (C=O) groups excluding carboxylic acids is 2. The first kappa shape index (κ1) is 27.3. The van der Waals surface area contributed by atoms with E-state index in [1.165, 1.54) is 43.6 Å². The first-order valence-electron chi connectivity index (χ1n) is 10.1. The zero-order chi connectivity index (χ0) is 26.0. The van der Waals surface area contributed by atoms with Crippen LogP contribution < -0.4 is 24.0 Å². The van der Waals surface area contributed by atoms with Crippen molar-refractivity contribution < 1.29 is 61.0 Å². The fraction of sp³-hybridized carbons (Fsp3) is 0.0400. The minimum Gasteiger partial charge on any atom is -0.545 e. The number of ether oxygens (including phenoxy) is 1. The number of methoxy groups -OCH3 is 1. The molecular formula is C25H14F3LiN2O6. The van der Waals surface area contributed by atoms with Gasteiger partial charge in [0.05, 0.1) is 54.4 Å². The number of hydrogen-bond donors (Lipinski definition) is 1. The van der Waals surface area contributed by atoms with Gasteiger partial charge in [0.15, 0.2) is 23.0 Å². The Bertz CT molecular complexity index is 1620. The van der Waals surface area contributed by atoms with Crippen LogP contribution in [0, 0.1) is 17.5 Å². The number of phenolic OH excluding ortho intramolecular Hbond substituents is 1. The average Bonchev–Trinajstić information content (AvgIpc) is 3.23. The zero-order valence-electron chi connectivity index (χ0n) is 19.3. The molecule has 1 N–H and O–H groups in total. The van der Waals surface area contributed by atoms with Crippen molar-refractivity contribution in [2.24, 2.45) is 0 Å². The summed E-state index contributed by atoms with van der Waals surface area (Å²) in [7, 11) is 1.19. The second-order valence-corrected chi connectivity index (χ2v) is 7.30. The van der Waals surface area contributed by atoms with Crippen molar-refractivity contribution in [3.05, 3.63) is 89.8 Å². The van der Waals surface area contributed by atoms with Crippen LogP contribution in [0.1, 0.15) is 20.7 Å². The summed E-state index contributed by atoms with van der Waals surface area (Å²) in [5.41, 5.74) is 0.196. The predicted molar refractivity (Wildman–Crippen MR) is 118 cm³/mol. The molecule has 0 atom stereocenters. The number of aromatic carboxylic acids is 1. The van der Waals surface area contributed by atoms with Gasteiger partial charge in [0.2, 0.25) is 0 Å². The van der Waals surface area contributed by atoms with Gasteiger partial charge in [-0.1, -0.05) is 6.07 Å². The predicted octanol–water partition coefficient (Wildman–Crippen LogP) is 1.01. The van der Waals surface area contributed by atoms with E-state index in [9.17, 15) is 33.0 Å². The van der Waals surface area contributed by atoms with Gasteiger partial charge >= 0.3 is 24.8 Å². The molecule has 37 heavy (non-hydrogen) atoms. The fourth-order valence-electron chi connectivity index (χ4n) is 3.47. The fourth-order valence-corrected chi connectivity index (χ4v) is 3.47. The number of fused-ring (bicyclic) bond motifs is 3. The Balaban J connectivity index is 0.000000201. The Morgan fingerprint density at radius 3 is 2.14 bits per heavy atom. The van der Waals surface area contributed by atoms with Gasteiger partial charge in [0.1, 0.15) is 11.3 Å². The third-order valence-corrected chi connectivity index (χ3v) is 5.11. The number of phenols is 1. The van der Waals surface area contributed by atoms with Crippen LogP contribution in [0.3, 0.4) is 0 Å². The van der Waals surface area contributed by atoms with Crippen molar-refractivity contribution in [3.8, 4) is 16.9 Å². The number of hydrogen-bond acceptors (Lipinski definition) is 8. The van der Waals surface area contributed by atoms with Crippen LogP contribution in [-0.4, -0.2) is 34.1 Å². The van der Waals surface area contributed by atoms with Gasteiger partial charge < -0.3 is 24.2 Å². The number of benzene rings is 2. The number of carboxylic acid groups (broad SMARTS) is 1. The molecule has 0 radical (unpaired) electrons. The number of halogens is 3. The number of carbonyl (C=O) groups is 2. The van der Waals surface area contributed by atoms with E-state index in [2.05, 4.69) is 14.7 Å². The van der Waals surface area contributed by atoms with Gasteiger partial charge in [0, 0.05) is 16.5 Å². The maximum absolute atomic E-state index is 13.6. The summed E-state index contributed by atoms with van der Waals surface area (Å²) < 4.78 is 50.4. The largest absolute Gasteiger partial charge is 1.00 e. The van der Waals surface area contributed by atoms with Crippen LogP contribution >= 0.6 is 0 Å². The number of carboxylic acids is 1. The van der Waals surface area contributed by atoms with E-state index in [-0.39, 0.29) is 41.1 Å².